The van der Waals surface area contributed by atoms with Crippen molar-refractivity contribution in [2.24, 2.45) is 0 Å². The van der Waals surface area contributed by atoms with Crippen LogP contribution in [0, 0.1) is 0 Å². The van der Waals surface area contributed by atoms with Crippen molar-refractivity contribution < 1.29 is 4.79 Å². The fourth-order valence-electron chi connectivity index (χ4n) is 2.75. The highest BCUT2D eigenvalue weighted by atomic mass is 35.5. The van der Waals surface area contributed by atoms with Gasteiger partial charge in [-0.1, -0.05) is 42.6 Å². The highest BCUT2D eigenvalue weighted by Gasteiger charge is 2.28. The Bertz CT molecular complexity index is 462. The van der Waals surface area contributed by atoms with E-state index in [2.05, 4.69) is 5.32 Å². The Morgan fingerprint density at radius 3 is 2.75 bits per heavy atom. The lowest BCUT2D eigenvalue weighted by Gasteiger charge is -2.31. The lowest BCUT2D eigenvalue weighted by Crippen LogP contribution is -2.44. The van der Waals surface area contributed by atoms with Gasteiger partial charge in [-0.3, -0.25) is 0 Å². The fraction of sp³-hybridized carbons (Fsp3) is 0.562. The largest absolute Gasteiger partial charge is 0.336 e. The molecule has 0 aromatic heterocycles. The summed E-state index contributed by atoms with van der Waals surface area (Å²) in [6.45, 7) is 4.77. The predicted octanol–water partition coefficient (Wildman–Crippen LogP) is 4.38. The van der Waals surface area contributed by atoms with E-state index in [9.17, 15) is 4.79 Å². The molecule has 0 saturated carbocycles. The number of amides is 2. The molecule has 0 bridgehead atoms. The Labute approximate surface area is 126 Å². The van der Waals surface area contributed by atoms with Gasteiger partial charge in [0, 0.05) is 17.6 Å². The molecule has 1 saturated heterocycles. The molecule has 1 aliphatic rings. The Balaban J connectivity index is 2.26. The van der Waals surface area contributed by atoms with Crippen LogP contribution in [-0.2, 0) is 0 Å². The van der Waals surface area contributed by atoms with Crippen molar-refractivity contribution in [1.82, 2.24) is 10.2 Å². The Morgan fingerprint density at radius 1 is 1.30 bits per heavy atom. The van der Waals surface area contributed by atoms with Crippen LogP contribution in [0.25, 0.3) is 0 Å². The molecule has 1 heterocycles. The molecule has 4 heteroatoms. The van der Waals surface area contributed by atoms with Crippen molar-refractivity contribution >= 4 is 17.6 Å². The summed E-state index contributed by atoms with van der Waals surface area (Å²) in [7, 11) is 0. The second kappa shape index (κ2) is 6.98. The molecule has 0 aliphatic carbocycles. The monoisotopic (exact) mass is 294 g/mol. The third-order valence-electron chi connectivity index (χ3n) is 3.69. The molecule has 0 spiro atoms. The van der Waals surface area contributed by atoms with Gasteiger partial charge in [-0.2, -0.15) is 0 Å². The van der Waals surface area contributed by atoms with Crippen molar-refractivity contribution in [2.75, 3.05) is 6.54 Å². The van der Waals surface area contributed by atoms with Gasteiger partial charge >= 0.3 is 6.03 Å². The first-order chi connectivity index (χ1) is 9.59. The lowest BCUT2D eigenvalue weighted by atomic mass is 10.0. The van der Waals surface area contributed by atoms with Crippen LogP contribution in [-0.4, -0.2) is 23.5 Å². The van der Waals surface area contributed by atoms with E-state index < -0.39 is 0 Å². The van der Waals surface area contributed by atoms with Crippen LogP contribution in [0.5, 0.6) is 0 Å². The Hall–Kier alpha value is -1.22. The highest BCUT2D eigenvalue weighted by molar-refractivity contribution is 6.31. The number of benzene rings is 1. The maximum atomic E-state index is 12.4. The van der Waals surface area contributed by atoms with Gasteiger partial charge in [0.25, 0.3) is 0 Å². The summed E-state index contributed by atoms with van der Waals surface area (Å²) in [5.41, 5.74) is 1.06. The van der Waals surface area contributed by atoms with Crippen LogP contribution < -0.4 is 5.32 Å². The fourth-order valence-corrected chi connectivity index (χ4v) is 3.01. The minimum absolute atomic E-state index is 0.0202. The maximum absolute atomic E-state index is 12.4. The number of hydrogen-bond donors (Lipinski definition) is 1. The third kappa shape index (κ3) is 3.66. The number of hydrogen-bond acceptors (Lipinski definition) is 1. The summed E-state index contributed by atoms with van der Waals surface area (Å²) < 4.78 is 0. The third-order valence-corrected chi connectivity index (χ3v) is 4.03. The Kier molecular flexibility index (Phi) is 5.30. The van der Waals surface area contributed by atoms with Crippen molar-refractivity contribution in [2.45, 2.75) is 51.6 Å². The van der Waals surface area contributed by atoms with Crippen molar-refractivity contribution in [3.63, 3.8) is 0 Å². The zero-order valence-corrected chi connectivity index (χ0v) is 13.0. The SMILES string of the molecule is CC(C)NC(=O)N1CCCCC[C@@H]1c1ccccc1Cl. The molecule has 1 fully saturated rings. The van der Waals surface area contributed by atoms with Crippen LogP contribution in [0.3, 0.4) is 0 Å². The van der Waals surface area contributed by atoms with Crippen LogP contribution in [0.15, 0.2) is 24.3 Å². The summed E-state index contributed by atoms with van der Waals surface area (Å²) >= 11 is 6.33. The molecule has 1 aromatic rings. The second-order valence-electron chi connectivity index (χ2n) is 5.68. The van der Waals surface area contributed by atoms with Crippen LogP contribution in [0.2, 0.25) is 5.02 Å². The van der Waals surface area contributed by atoms with Gasteiger partial charge in [0.15, 0.2) is 0 Å². The minimum atomic E-state index is 0.0202. The molecule has 1 aliphatic heterocycles. The molecular weight excluding hydrogens is 272 g/mol. The molecule has 2 rings (SSSR count). The van der Waals surface area contributed by atoms with Crippen molar-refractivity contribution in [3.05, 3.63) is 34.9 Å². The summed E-state index contributed by atoms with van der Waals surface area (Å²) in [4.78, 5) is 14.4. The number of likely N-dealkylation sites (tertiary alicyclic amines) is 1. The zero-order chi connectivity index (χ0) is 14.5. The maximum Gasteiger partial charge on any atom is 0.318 e. The number of urea groups is 1. The van der Waals surface area contributed by atoms with Gasteiger partial charge in [0.2, 0.25) is 0 Å². The summed E-state index contributed by atoms with van der Waals surface area (Å²) in [5.74, 6) is 0. The quantitative estimate of drug-likeness (QED) is 0.863. The first-order valence-electron chi connectivity index (χ1n) is 7.41. The molecule has 3 nitrogen and oxygen atoms in total. The number of nitrogens with one attached hydrogen (secondary N) is 1. The van der Waals surface area contributed by atoms with E-state index in [1.807, 2.05) is 43.0 Å². The van der Waals surface area contributed by atoms with E-state index in [0.717, 1.165) is 36.4 Å². The van der Waals surface area contributed by atoms with E-state index in [1.54, 1.807) is 0 Å². The molecular formula is C16H23ClN2O. The van der Waals surface area contributed by atoms with Gasteiger partial charge < -0.3 is 10.2 Å². The van der Waals surface area contributed by atoms with Crippen LogP contribution >= 0.6 is 11.6 Å². The lowest BCUT2D eigenvalue weighted by molar-refractivity contribution is 0.173. The molecule has 1 N–H and O–H groups in total. The van der Waals surface area contributed by atoms with E-state index >= 15 is 0 Å². The van der Waals surface area contributed by atoms with E-state index in [-0.39, 0.29) is 18.1 Å². The van der Waals surface area contributed by atoms with Crippen LogP contribution in [0.1, 0.15) is 51.1 Å². The Morgan fingerprint density at radius 2 is 2.05 bits per heavy atom. The molecule has 1 aromatic carbocycles. The predicted molar refractivity (Wildman–Crippen MR) is 83.0 cm³/mol. The average Bonchev–Trinajstić information content (AvgIpc) is 2.64. The first kappa shape index (κ1) is 15.2. The van der Waals surface area contributed by atoms with Gasteiger partial charge in [-0.05, 0) is 38.3 Å². The minimum Gasteiger partial charge on any atom is -0.336 e. The van der Waals surface area contributed by atoms with E-state index in [1.165, 1.54) is 6.42 Å². The topological polar surface area (TPSA) is 32.3 Å². The summed E-state index contributed by atoms with van der Waals surface area (Å²) in [6, 6.07) is 8.12. The van der Waals surface area contributed by atoms with Gasteiger partial charge in [0.1, 0.15) is 0 Å². The van der Waals surface area contributed by atoms with Gasteiger partial charge in [-0.25, -0.2) is 4.79 Å². The van der Waals surface area contributed by atoms with Crippen molar-refractivity contribution in [1.29, 1.82) is 0 Å². The molecule has 110 valence electrons. The molecule has 2 amide bonds. The second-order valence-corrected chi connectivity index (χ2v) is 6.09. The molecule has 0 unspecified atom stereocenters. The average molecular weight is 295 g/mol. The smallest absolute Gasteiger partial charge is 0.318 e. The summed E-state index contributed by atoms with van der Waals surface area (Å²) in [5, 5.41) is 3.75. The van der Waals surface area contributed by atoms with E-state index in [0.29, 0.717) is 0 Å². The molecule has 1 atom stereocenters. The molecule has 20 heavy (non-hydrogen) atoms. The number of carbonyl (C=O) groups excluding carboxylic acids is 1. The summed E-state index contributed by atoms with van der Waals surface area (Å²) in [6.07, 6.45) is 4.36. The van der Waals surface area contributed by atoms with Crippen LogP contribution in [0.4, 0.5) is 4.79 Å². The zero-order valence-electron chi connectivity index (χ0n) is 12.2. The first-order valence-corrected chi connectivity index (χ1v) is 7.79. The number of nitrogens with zero attached hydrogens (tertiary/aromatic N) is 1. The molecule has 0 radical (unpaired) electrons. The van der Waals surface area contributed by atoms with Gasteiger partial charge in [0.05, 0.1) is 6.04 Å². The standard InChI is InChI=1S/C16H23ClN2O/c1-12(2)18-16(20)19-11-7-3-4-10-15(19)13-8-5-6-9-14(13)17/h5-6,8-9,12,15H,3-4,7,10-11H2,1-2H3,(H,18,20)/t15-/m1/s1. The normalized spacial score (nSPS) is 19.8. The highest BCUT2D eigenvalue weighted by Crippen LogP contribution is 2.34. The van der Waals surface area contributed by atoms with Crippen molar-refractivity contribution in [3.8, 4) is 0 Å². The number of halogens is 1. The number of rotatable bonds is 2. The van der Waals surface area contributed by atoms with Gasteiger partial charge in [-0.15, -0.1) is 0 Å². The van der Waals surface area contributed by atoms with E-state index in [4.69, 9.17) is 11.6 Å². The number of carbonyl (C=O) groups is 1.